The minimum absolute atomic E-state index is 0.279. The third-order valence-electron chi connectivity index (χ3n) is 3.16. The molecule has 0 amide bonds. The Labute approximate surface area is 123 Å². The lowest BCUT2D eigenvalue weighted by atomic mass is 10.0. The molecule has 0 aliphatic heterocycles. The van der Waals surface area contributed by atoms with Crippen molar-refractivity contribution in [2.45, 2.75) is 32.7 Å². The summed E-state index contributed by atoms with van der Waals surface area (Å²) in [6, 6.07) is 10.8. The molecule has 2 aromatic rings. The molecular formula is C16H20BrNO. The molecule has 0 aliphatic carbocycles. The van der Waals surface area contributed by atoms with E-state index in [-0.39, 0.29) is 6.04 Å². The fourth-order valence-corrected chi connectivity index (χ4v) is 2.92. The van der Waals surface area contributed by atoms with Crippen molar-refractivity contribution in [1.29, 1.82) is 0 Å². The molecule has 1 aromatic heterocycles. The lowest BCUT2D eigenvalue weighted by molar-refractivity contribution is 0.448. The summed E-state index contributed by atoms with van der Waals surface area (Å²) in [4.78, 5) is 0. The zero-order valence-corrected chi connectivity index (χ0v) is 13.0. The summed E-state index contributed by atoms with van der Waals surface area (Å²) in [5.74, 6) is 1.01. The van der Waals surface area contributed by atoms with E-state index in [4.69, 9.17) is 4.42 Å². The predicted octanol–water partition coefficient (Wildman–Crippen LogP) is 4.63. The second-order valence-electron chi connectivity index (χ2n) is 4.82. The van der Waals surface area contributed by atoms with E-state index >= 15 is 0 Å². The Hall–Kier alpha value is -1.06. The van der Waals surface area contributed by atoms with Crippen LogP contribution >= 0.6 is 15.9 Å². The largest absolute Gasteiger partial charge is 0.469 e. The Balaban J connectivity index is 2.20. The number of hydrogen-bond donors (Lipinski definition) is 1. The van der Waals surface area contributed by atoms with Gasteiger partial charge in [0.1, 0.15) is 5.76 Å². The highest BCUT2D eigenvalue weighted by atomic mass is 79.9. The first-order valence-electron chi connectivity index (χ1n) is 6.72. The zero-order valence-electron chi connectivity index (χ0n) is 11.4. The highest BCUT2D eigenvalue weighted by Gasteiger charge is 2.15. The van der Waals surface area contributed by atoms with E-state index in [0.717, 1.165) is 29.6 Å². The molecule has 102 valence electrons. The van der Waals surface area contributed by atoms with Crippen LogP contribution in [0.2, 0.25) is 0 Å². The summed E-state index contributed by atoms with van der Waals surface area (Å²) in [6.07, 6.45) is 3.73. The van der Waals surface area contributed by atoms with Gasteiger partial charge in [-0.25, -0.2) is 0 Å². The first-order valence-corrected chi connectivity index (χ1v) is 7.51. The summed E-state index contributed by atoms with van der Waals surface area (Å²) >= 11 is 3.67. The van der Waals surface area contributed by atoms with Crippen molar-refractivity contribution in [1.82, 2.24) is 5.32 Å². The summed E-state index contributed by atoms with van der Waals surface area (Å²) in [5.41, 5.74) is 2.55. The van der Waals surface area contributed by atoms with Crippen molar-refractivity contribution >= 4 is 15.9 Å². The van der Waals surface area contributed by atoms with E-state index < -0.39 is 0 Å². The maximum absolute atomic E-state index is 5.47. The molecule has 0 spiro atoms. The smallest absolute Gasteiger partial charge is 0.105 e. The third-order valence-corrected chi connectivity index (χ3v) is 3.84. The SMILES string of the molecule is CCCNC(Cc1ccco1)c1ccc(C)cc1Br. The van der Waals surface area contributed by atoms with Crippen LogP contribution in [0.5, 0.6) is 0 Å². The van der Waals surface area contributed by atoms with Gasteiger partial charge in [-0.15, -0.1) is 0 Å². The lowest BCUT2D eigenvalue weighted by Gasteiger charge is -2.19. The molecule has 0 fully saturated rings. The Morgan fingerprint density at radius 2 is 2.16 bits per heavy atom. The summed E-state index contributed by atoms with van der Waals surface area (Å²) < 4.78 is 6.63. The van der Waals surface area contributed by atoms with Crippen molar-refractivity contribution in [3.05, 3.63) is 58.0 Å². The lowest BCUT2D eigenvalue weighted by Crippen LogP contribution is -2.24. The monoisotopic (exact) mass is 321 g/mol. The first-order chi connectivity index (χ1) is 9.20. The summed E-state index contributed by atoms with van der Waals surface area (Å²) in [6.45, 7) is 5.29. The van der Waals surface area contributed by atoms with Crippen molar-refractivity contribution < 1.29 is 4.42 Å². The molecular weight excluding hydrogens is 302 g/mol. The molecule has 2 nitrogen and oxygen atoms in total. The van der Waals surface area contributed by atoms with Gasteiger partial charge in [-0.1, -0.05) is 35.0 Å². The number of furan rings is 1. The average Bonchev–Trinajstić information content (AvgIpc) is 2.88. The molecule has 0 saturated carbocycles. The Morgan fingerprint density at radius 1 is 1.32 bits per heavy atom. The molecule has 19 heavy (non-hydrogen) atoms. The Kier molecular flexibility index (Phi) is 5.23. The number of benzene rings is 1. The van der Waals surface area contributed by atoms with Crippen LogP contribution in [0.25, 0.3) is 0 Å². The van der Waals surface area contributed by atoms with Gasteiger partial charge in [-0.3, -0.25) is 0 Å². The summed E-state index contributed by atoms with van der Waals surface area (Å²) in [7, 11) is 0. The van der Waals surface area contributed by atoms with Gasteiger partial charge >= 0.3 is 0 Å². The van der Waals surface area contributed by atoms with Gasteiger partial charge in [0.15, 0.2) is 0 Å². The van der Waals surface area contributed by atoms with Gasteiger partial charge in [0, 0.05) is 16.9 Å². The van der Waals surface area contributed by atoms with Crippen LogP contribution in [0.3, 0.4) is 0 Å². The fraction of sp³-hybridized carbons (Fsp3) is 0.375. The molecule has 0 aliphatic rings. The molecule has 1 unspecified atom stereocenters. The molecule has 1 aromatic carbocycles. The van der Waals surface area contributed by atoms with Crippen molar-refractivity contribution in [2.75, 3.05) is 6.54 Å². The third kappa shape index (κ3) is 3.95. The van der Waals surface area contributed by atoms with Crippen LogP contribution in [0.1, 0.15) is 36.3 Å². The van der Waals surface area contributed by atoms with Crippen LogP contribution in [0.15, 0.2) is 45.5 Å². The van der Waals surface area contributed by atoms with Crippen LogP contribution in [0.4, 0.5) is 0 Å². The van der Waals surface area contributed by atoms with E-state index in [1.54, 1.807) is 6.26 Å². The number of hydrogen-bond acceptors (Lipinski definition) is 2. The molecule has 1 N–H and O–H groups in total. The second kappa shape index (κ2) is 6.92. The number of nitrogens with one attached hydrogen (secondary N) is 1. The van der Waals surface area contributed by atoms with Gasteiger partial charge in [0.05, 0.1) is 6.26 Å². The minimum Gasteiger partial charge on any atom is -0.469 e. The molecule has 2 rings (SSSR count). The van der Waals surface area contributed by atoms with Gasteiger partial charge in [0.2, 0.25) is 0 Å². The maximum Gasteiger partial charge on any atom is 0.105 e. The van der Waals surface area contributed by atoms with Gasteiger partial charge in [0.25, 0.3) is 0 Å². The van der Waals surface area contributed by atoms with Crippen LogP contribution < -0.4 is 5.32 Å². The van der Waals surface area contributed by atoms with E-state index in [1.165, 1.54) is 11.1 Å². The molecule has 3 heteroatoms. The van der Waals surface area contributed by atoms with Gasteiger partial charge in [-0.05, 0) is 49.2 Å². The minimum atomic E-state index is 0.279. The Bertz CT molecular complexity index is 507. The second-order valence-corrected chi connectivity index (χ2v) is 5.67. The topological polar surface area (TPSA) is 25.2 Å². The molecule has 1 atom stereocenters. The highest BCUT2D eigenvalue weighted by molar-refractivity contribution is 9.10. The molecule has 0 radical (unpaired) electrons. The van der Waals surface area contributed by atoms with Crippen LogP contribution in [-0.4, -0.2) is 6.54 Å². The van der Waals surface area contributed by atoms with Crippen molar-refractivity contribution in [2.24, 2.45) is 0 Å². The Morgan fingerprint density at radius 3 is 2.79 bits per heavy atom. The van der Waals surface area contributed by atoms with Crippen molar-refractivity contribution in [3.8, 4) is 0 Å². The van der Waals surface area contributed by atoms with Gasteiger partial charge in [-0.2, -0.15) is 0 Å². The van der Waals surface area contributed by atoms with E-state index in [9.17, 15) is 0 Å². The van der Waals surface area contributed by atoms with E-state index in [1.807, 2.05) is 12.1 Å². The number of halogens is 1. The quantitative estimate of drug-likeness (QED) is 0.838. The summed E-state index contributed by atoms with van der Waals surface area (Å²) in [5, 5.41) is 3.59. The normalized spacial score (nSPS) is 12.6. The molecule has 0 bridgehead atoms. The predicted molar refractivity (Wildman–Crippen MR) is 82.3 cm³/mol. The fourth-order valence-electron chi connectivity index (χ4n) is 2.16. The number of aryl methyl sites for hydroxylation is 1. The highest BCUT2D eigenvalue weighted by Crippen LogP contribution is 2.27. The average molecular weight is 322 g/mol. The maximum atomic E-state index is 5.47. The van der Waals surface area contributed by atoms with Crippen molar-refractivity contribution in [3.63, 3.8) is 0 Å². The van der Waals surface area contributed by atoms with Crippen LogP contribution in [-0.2, 0) is 6.42 Å². The van der Waals surface area contributed by atoms with E-state index in [2.05, 4.69) is 53.3 Å². The van der Waals surface area contributed by atoms with E-state index in [0.29, 0.717) is 0 Å². The standard InChI is InChI=1S/C16H20BrNO/c1-3-8-18-16(11-13-5-4-9-19-13)14-7-6-12(2)10-15(14)17/h4-7,9-10,16,18H,3,8,11H2,1-2H3. The zero-order chi connectivity index (χ0) is 13.7. The van der Waals surface area contributed by atoms with Crippen LogP contribution in [0, 0.1) is 6.92 Å². The molecule has 1 heterocycles. The number of rotatable bonds is 6. The first kappa shape index (κ1) is 14.4. The van der Waals surface area contributed by atoms with Gasteiger partial charge < -0.3 is 9.73 Å². The molecule has 0 saturated heterocycles.